The van der Waals surface area contributed by atoms with Crippen molar-refractivity contribution in [2.75, 3.05) is 6.54 Å². The van der Waals surface area contributed by atoms with Gasteiger partial charge in [0.15, 0.2) is 0 Å². The molecule has 5 heteroatoms. The van der Waals surface area contributed by atoms with E-state index in [0.29, 0.717) is 29.7 Å². The van der Waals surface area contributed by atoms with Gasteiger partial charge in [0, 0.05) is 12.5 Å². The van der Waals surface area contributed by atoms with Gasteiger partial charge in [0.05, 0.1) is 5.56 Å². The Morgan fingerprint density at radius 3 is 3.06 bits per heavy atom. The minimum Gasteiger partial charge on any atom is -0.339 e. The Labute approximate surface area is 104 Å². The molecule has 1 atom stereocenters. The van der Waals surface area contributed by atoms with Crippen molar-refractivity contribution in [2.45, 2.75) is 25.3 Å². The maximum atomic E-state index is 13.6. The molecule has 0 saturated carbocycles. The van der Waals surface area contributed by atoms with Crippen LogP contribution in [0.1, 0.15) is 18.7 Å². The van der Waals surface area contributed by atoms with E-state index in [1.807, 2.05) is 0 Å². The smallest absolute Gasteiger partial charge is 0.228 e. The summed E-state index contributed by atoms with van der Waals surface area (Å²) in [5.41, 5.74) is 0.381. The van der Waals surface area contributed by atoms with Crippen LogP contribution < -0.4 is 5.32 Å². The molecule has 4 nitrogen and oxygen atoms in total. The molecular formula is C13H14FN3O. The largest absolute Gasteiger partial charge is 0.339 e. The van der Waals surface area contributed by atoms with E-state index in [9.17, 15) is 4.39 Å². The highest BCUT2D eigenvalue weighted by atomic mass is 19.1. The Bertz CT molecular complexity index is 535. The van der Waals surface area contributed by atoms with Crippen molar-refractivity contribution < 1.29 is 8.91 Å². The molecule has 1 unspecified atom stereocenters. The lowest BCUT2D eigenvalue weighted by Gasteiger charge is -2.04. The van der Waals surface area contributed by atoms with E-state index in [2.05, 4.69) is 15.5 Å². The molecule has 0 aliphatic carbocycles. The summed E-state index contributed by atoms with van der Waals surface area (Å²) in [6.45, 7) is 1.04. The summed E-state index contributed by atoms with van der Waals surface area (Å²) in [5, 5.41) is 7.20. The molecule has 94 valence electrons. The van der Waals surface area contributed by atoms with Crippen LogP contribution in [-0.4, -0.2) is 22.7 Å². The number of nitrogens with zero attached hydrogens (tertiary/aromatic N) is 2. The molecule has 18 heavy (non-hydrogen) atoms. The van der Waals surface area contributed by atoms with Crippen molar-refractivity contribution in [1.29, 1.82) is 0 Å². The van der Waals surface area contributed by atoms with E-state index in [1.54, 1.807) is 18.2 Å². The minimum atomic E-state index is -0.330. The first-order chi connectivity index (χ1) is 8.83. The van der Waals surface area contributed by atoms with Crippen LogP contribution in [0, 0.1) is 5.82 Å². The van der Waals surface area contributed by atoms with Crippen LogP contribution in [-0.2, 0) is 6.42 Å². The third kappa shape index (κ3) is 2.26. The topological polar surface area (TPSA) is 51.0 Å². The second-order valence-corrected chi connectivity index (χ2v) is 4.49. The molecule has 0 amide bonds. The fourth-order valence-corrected chi connectivity index (χ4v) is 2.23. The molecule has 1 aliphatic rings. The van der Waals surface area contributed by atoms with Crippen LogP contribution in [0.15, 0.2) is 28.8 Å². The van der Waals surface area contributed by atoms with Gasteiger partial charge in [-0.05, 0) is 31.5 Å². The average molecular weight is 247 g/mol. The highest BCUT2D eigenvalue weighted by Gasteiger charge is 2.19. The van der Waals surface area contributed by atoms with Gasteiger partial charge < -0.3 is 9.84 Å². The van der Waals surface area contributed by atoms with E-state index in [1.165, 1.54) is 12.5 Å². The van der Waals surface area contributed by atoms with Gasteiger partial charge in [-0.25, -0.2) is 4.39 Å². The molecular weight excluding hydrogens is 233 g/mol. The number of rotatable bonds is 3. The molecule has 1 aromatic carbocycles. The molecule has 1 aromatic heterocycles. The van der Waals surface area contributed by atoms with Crippen LogP contribution in [0.5, 0.6) is 0 Å². The number of halogens is 1. The van der Waals surface area contributed by atoms with E-state index >= 15 is 0 Å². The number of aromatic nitrogens is 2. The van der Waals surface area contributed by atoms with E-state index < -0.39 is 0 Å². The Kier molecular flexibility index (Phi) is 3.06. The predicted octanol–water partition coefficient (Wildman–Crippen LogP) is 2.17. The number of nitrogens with one attached hydrogen (secondary N) is 1. The Balaban J connectivity index is 1.79. The second-order valence-electron chi connectivity index (χ2n) is 4.49. The first-order valence-electron chi connectivity index (χ1n) is 6.14. The molecule has 3 rings (SSSR count). The SMILES string of the molecule is Fc1ccccc1-c1noc(CC2CCCN2)n1. The van der Waals surface area contributed by atoms with Gasteiger partial charge in [0.1, 0.15) is 5.82 Å². The third-order valence-corrected chi connectivity index (χ3v) is 3.17. The zero-order chi connectivity index (χ0) is 12.4. The molecule has 2 aromatic rings. The molecule has 2 heterocycles. The molecule has 1 aliphatic heterocycles. The van der Waals surface area contributed by atoms with Crippen molar-refractivity contribution >= 4 is 0 Å². The third-order valence-electron chi connectivity index (χ3n) is 3.17. The van der Waals surface area contributed by atoms with Crippen LogP contribution in [0.4, 0.5) is 4.39 Å². The lowest BCUT2D eigenvalue weighted by molar-refractivity contribution is 0.364. The van der Waals surface area contributed by atoms with E-state index in [-0.39, 0.29) is 5.82 Å². The zero-order valence-corrected chi connectivity index (χ0v) is 9.90. The van der Waals surface area contributed by atoms with E-state index in [4.69, 9.17) is 4.52 Å². The highest BCUT2D eigenvalue weighted by molar-refractivity contribution is 5.54. The standard InChI is InChI=1S/C13H14FN3O/c14-11-6-2-1-5-10(11)13-16-12(18-17-13)8-9-4-3-7-15-9/h1-2,5-6,9,15H,3-4,7-8H2. The fraction of sp³-hybridized carbons (Fsp3) is 0.385. The molecule has 1 N–H and O–H groups in total. The maximum absolute atomic E-state index is 13.6. The lowest BCUT2D eigenvalue weighted by atomic mass is 10.1. The van der Waals surface area contributed by atoms with Gasteiger partial charge in [-0.15, -0.1) is 0 Å². The molecule has 1 fully saturated rings. The maximum Gasteiger partial charge on any atom is 0.228 e. The van der Waals surface area contributed by atoms with Gasteiger partial charge >= 0.3 is 0 Å². The summed E-state index contributed by atoms with van der Waals surface area (Å²) >= 11 is 0. The molecule has 0 spiro atoms. The van der Waals surface area contributed by atoms with Crippen molar-refractivity contribution in [2.24, 2.45) is 0 Å². The first kappa shape index (κ1) is 11.3. The fourth-order valence-electron chi connectivity index (χ4n) is 2.23. The number of benzene rings is 1. The normalized spacial score (nSPS) is 19.3. The van der Waals surface area contributed by atoms with Crippen molar-refractivity contribution in [3.05, 3.63) is 36.0 Å². The number of hydrogen-bond donors (Lipinski definition) is 1. The van der Waals surface area contributed by atoms with Gasteiger partial charge in [-0.3, -0.25) is 0 Å². The summed E-state index contributed by atoms with van der Waals surface area (Å²) in [5.74, 6) is 0.553. The summed E-state index contributed by atoms with van der Waals surface area (Å²) in [6.07, 6.45) is 3.01. The van der Waals surface area contributed by atoms with Crippen LogP contribution >= 0.6 is 0 Å². The first-order valence-corrected chi connectivity index (χ1v) is 6.14. The quantitative estimate of drug-likeness (QED) is 0.903. The van der Waals surface area contributed by atoms with Crippen LogP contribution in [0.3, 0.4) is 0 Å². The predicted molar refractivity (Wildman–Crippen MR) is 64.4 cm³/mol. The van der Waals surface area contributed by atoms with Crippen LogP contribution in [0.2, 0.25) is 0 Å². The van der Waals surface area contributed by atoms with Crippen molar-refractivity contribution in [1.82, 2.24) is 15.5 Å². The molecule has 0 bridgehead atoms. The van der Waals surface area contributed by atoms with Crippen molar-refractivity contribution in [3.8, 4) is 11.4 Å². The highest BCUT2D eigenvalue weighted by Crippen LogP contribution is 2.20. The second kappa shape index (κ2) is 4.86. The minimum absolute atomic E-state index is 0.320. The lowest BCUT2D eigenvalue weighted by Crippen LogP contribution is -2.23. The summed E-state index contributed by atoms with van der Waals surface area (Å²) in [6, 6.07) is 6.84. The van der Waals surface area contributed by atoms with Crippen molar-refractivity contribution in [3.63, 3.8) is 0 Å². The van der Waals surface area contributed by atoms with Crippen LogP contribution in [0.25, 0.3) is 11.4 Å². The van der Waals surface area contributed by atoms with Gasteiger partial charge in [-0.2, -0.15) is 4.98 Å². The Morgan fingerprint density at radius 2 is 2.28 bits per heavy atom. The average Bonchev–Trinajstić information content (AvgIpc) is 3.02. The zero-order valence-electron chi connectivity index (χ0n) is 9.90. The van der Waals surface area contributed by atoms with Gasteiger partial charge in [-0.1, -0.05) is 17.3 Å². The molecule has 1 saturated heterocycles. The summed E-state index contributed by atoms with van der Waals surface area (Å²) < 4.78 is 18.7. The summed E-state index contributed by atoms with van der Waals surface area (Å²) in [4.78, 5) is 4.25. The summed E-state index contributed by atoms with van der Waals surface area (Å²) in [7, 11) is 0. The molecule has 0 radical (unpaired) electrons. The van der Waals surface area contributed by atoms with E-state index in [0.717, 1.165) is 13.0 Å². The monoisotopic (exact) mass is 247 g/mol. The Hall–Kier alpha value is -1.75. The Morgan fingerprint density at radius 1 is 1.39 bits per heavy atom. The van der Waals surface area contributed by atoms with Gasteiger partial charge in [0.25, 0.3) is 0 Å². The number of hydrogen-bond acceptors (Lipinski definition) is 4. The van der Waals surface area contributed by atoms with Gasteiger partial charge in [0.2, 0.25) is 11.7 Å².